The van der Waals surface area contributed by atoms with Crippen LogP contribution in [0, 0.1) is 12.8 Å². The molecule has 4 N–H and O–H groups in total. The highest BCUT2D eigenvalue weighted by molar-refractivity contribution is 5.64. The van der Waals surface area contributed by atoms with Crippen molar-refractivity contribution in [2.45, 2.75) is 45.1 Å². The molecule has 0 aliphatic heterocycles. The number of nitrogens with zero attached hydrogens (tertiary/aromatic N) is 1. The minimum absolute atomic E-state index is 0.526. The minimum Gasteiger partial charge on any atom is -0.396 e. The van der Waals surface area contributed by atoms with Crippen LogP contribution in [0.1, 0.15) is 38.2 Å². The van der Waals surface area contributed by atoms with Gasteiger partial charge in [0.2, 0.25) is 0 Å². The van der Waals surface area contributed by atoms with E-state index in [1.54, 1.807) is 6.20 Å². The highest BCUT2D eigenvalue weighted by Gasteiger charge is 2.32. The standard InChI is InChI=1S/C14H23N3O/c1-10-4-3-6-14(18,8-10)9-17-13-12(15)11(2)5-7-16-13/h5,7,10,18H,3-4,6,8-9,15H2,1-2H3,(H,16,17). The number of aliphatic hydroxyl groups is 1. The number of nitrogens with two attached hydrogens (primary N) is 1. The van der Waals surface area contributed by atoms with Crippen molar-refractivity contribution in [3.8, 4) is 0 Å². The van der Waals surface area contributed by atoms with E-state index in [1.807, 2.05) is 13.0 Å². The monoisotopic (exact) mass is 249 g/mol. The van der Waals surface area contributed by atoms with Crippen molar-refractivity contribution >= 4 is 11.5 Å². The third kappa shape index (κ3) is 2.93. The molecule has 1 heterocycles. The number of hydrogen-bond acceptors (Lipinski definition) is 4. The van der Waals surface area contributed by atoms with E-state index in [4.69, 9.17) is 5.73 Å². The number of hydrogen-bond donors (Lipinski definition) is 3. The Morgan fingerprint density at radius 1 is 1.61 bits per heavy atom. The van der Waals surface area contributed by atoms with Crippen LogP contribution in [0.2, 0.25) is 0 Å². The first kappa shape index (κ1) is 13.1. The van der Waals surface area contributed by atoms with Crippen molar-refractivity contribution < 1.29 is 5.11 Å². The maximum Gasteiger partial charge on any atom is 0.149 e. The van der Waals surface area contributed by atoms with Crippen LogP contribution in [-0.2, 0) is 0 Å². The van der Waals surface area contributed by atoms with Crippen molar-refractivity contribution in [1.29, 1.82) is 0 Å². The Bertz CT molecular complexity index is 422. The fourth-order valence-corrected chi connectivity index (χ4v) is 2.75. The van der Waals surface area contributed by atoms with Crippen LogP contribution in [-0.4, -0.2) is 22.2 Å². The molecule has 4 nitrogen and oxygen atoms in total. The highest BCUT2D eigenvalue weighted by atomic mass is 16.3. The summed E-state index contributed by atoms with van der Waals surface area (Å²) < 4.78 is 0. The fraction of sp³-hybridized carbons (Fsp3) is 0.643. The summed E-state index contributed by atoms with van der Waals surface area (Å²) in [7, 11) is 0. The van der Waals surface area contributed by atoms with Crippen molar-refractivity contribution in [3.05, 3.63) is 17.8 Å². The molecule has 1 aromatic heterocycles. The van der Waals surface area contributed by atoms with Gasteiger partial charge in [-0.1, -0.05) is 19.8 Å². The second kappa shape index (κ2) is 5.14. The normalized spacial score (nSPS) is 28.1. The second-order valence-corrected chi connectivity index (χ2v) is 5.67. The van der Waals surface area contributed by atoms with Crippen LogP contribution in [0.15, 0.2) is 12.3 Å². The number of nitrogens with one attached hydrogen (secondary N) is 1. The van der Waals surface area contributed by atoms with Crippen LogP contribution >= 0.6 is 0 Å². The van der Waals surface area contributed by atoms with Gasteiger partial charge < -0.3 is 16.2 Å². The molecule has 18 heavy (non-hydrogen) atoms. The van der Waals surface area contributed by atoms with Gasteiger partial charge >= 0.3 is 0 Å². The first-order chi connectivity index (χ1) is 8.50. The van der Waals surface area contributed by atoms with Crippen molar-refractivity contribution in [2.75, 3.05) is 17.6 Å². The quantitative estimate of drug-likeness (QED) is 0.769. The molecule has 4 heteroatoms. The Balaban J connectivity index is 2.00. The van der Waals surface area contributed by atoms with E-state index in [-0.39, 0.29) is 0 Å². The Hall–Kier alpha value is -1.29. The Morgan fingerprint density at radius 3 is 3.11 bits per heavy atom. The molecule has 1 aliphatic carbocycles. The predicted octanol–water partition coefficient (Wildman–Crippen LogP) is 2.33. The third-order valence-corrected chi connectivity index (χ3v) is 3.86. The molecule has 0 bridgehead atoms. The van der Waals surface area contributed by atoms with Crippen LogP contribution in [0.25, 0.3) is 0 Å². The van der Waals surface area contributed by atoms with E-state index >= 15 is 0 Å². The van der Waals surface area contributed by atoms with Gasteiger partial charge in [-0.15, -0.1) is 0 Å². The molecule has 2 atom stereocenters. The van der Waals surface area contributed by atoms with Crippen molar-refractivity contribution in [2.24, 2.45) is 5.92 Å². The lowest BCUT2D eigenvalue weighted by molar-refractivity contribution is -0.000812. The van der Waals surface area contributed by atoms with Crippen LogP contribution in [0.5, 0.6) is 0 Å². The Labute approximate surface area is 109 Å². The molecule has 1 fully saturated rings. The number of nitrogen functional groups attached to an aromatic ring is 1. The summed E-state index contributed by atoms with van der Waals surface area (Å²) >= 11 is 0. The SMILES string of the molecule is Cc1ccnc(NCC2(O)CCCC(C)C2)c1N. The van der Waals surface area contributed by atoms with E-state index in [9.17, 15) is 5.11 Å². The summed E-state index contributed by atoms with van der Waals surface area (Å²) in [6.07, 6.45) is 5.76. The summed E-state index contributed by atoms with van der Waals surface area (Å²) in [6, 6.07) is 1.89. The van der Waals surface area contributed by atoms with Crippen LogP contribution < -0.4 is 11.1 Å². The van der Waals surface area contributed by atoms with Gasteiger partial charge in [0.25, 0.3) is 0 Å². The number of aryl methyl sites for hydroxylation is 1. The van der Waals surface area contributed by atoms with E-state index < -0.39 is 5.60 Å². The highest BCUT2D eigenvalue weighted by Crippen LogP contribution is 2.32. The van der Waals surface area contributed by atoms with Crippen LogP contribution in [0.4, 0.5) is 11.5 Å². The molecule has 1 saturated carbocycles. The van der Waals surface area contributed by atoms with Crippen molar-refractivity contribution in [3.63, 3.8) is 0 Å². The summed E-state index contributed by atoms with van der Waals surface area (Å²) in [5, 5.41) is 13.7. The van der Waals surface area contributed by atoms with Gasteiger partial charge in [-0.05, 0) is 37.3 Å². The zero-order chi connectivity index (χ0) is 13.2. The number of aromatic nitrogens is 1. The lowest BCUT2D eigenvalue weighted by Gasteiger charge is -2.35. The predicted molar refractivity (Wildman–Crippen MR) is 74.5 cm³/mol. The minimum atomic E-state index is -0.616. The maximum atomic E-state index is 10.5. The molecule has 2 rings (SSSR count). The smallest absolute Gasteiger partial charge is 0.149 e. The zero-order valence-electron chi connectivity index (χ0n) is 11.2. The average Bonchev–Trinajstić information content (AvgIpc) is 2.31. The number of anilines is 2. The van der Waals surface area contributed by atoms with Gasteiger partial charge in [0.15, 0.2) is 0 Å². The third-order valence-electron chi connectivity index (χ3n) is 3.86. The van der Waals surface area contributed by atoms with Gasteiger partial charge in [0, 0.05) is 12.7 Å². The molecule has 100 valence electrons. The first-order valence-electron chi connectivity index (χ1n) is 6.67. The number of pyridine rings is 1. The van der Waals surface area contributed by atoms with Gasteiger partial charge in [-0.3, -0.25) is 0 Å². The molecule has 0 saturated heterocycles. The molecule has 2 unspecified atom stereocenters. The zero-order valence-corrected chi connectivity index (χ0v) is 11.2. The molecular weight excluding hydrogens is 226 g/mol. The van der Waals surface area contributed by atoms with Gasteiger partial charge in [0.05, 0.1) is 11.3 Å². The largest absolute Gasteiger partial charge is 0.396 e. The van der Waals surface area contributed by atoms with E-state index in [0.717, 1.165) is 24.8 Å². The molecule has 0 radical (unpaired) electrons. The van der Waals surface area contributed by atoms with Gasteiger partial charge in [-0.2, -0.15) is 0 Å². The van der Waals surface area contributed by atoms with Gasteiger partial charge in [0.1, 0.15) is 5.82 Å². The summed E-state index contributed by atoms with van der Waals surface area (Å²) in [5.41, 5.74) is 7.03. The summed E-state index contributed by atoms with van der Waals surface area (Å²) in [5.74, 6) is 1.27. The molecule has 0 aromatic carbocycles. The molecular formula is C14H23N3O. The lowest BCUT2D eigenvalue weighted by Crippen LogP contribution is -2.41. The maximum absolute atomic E-state index is 10.5. The fourth-order valence-electron chi connectivity index (χ4n) is 2.75. The van der Waals surface area contributed by atoms with Crippen molar-refractivity contribution in [1.82, 2.24) is 4.98 Å². The van der Waals surface area contributed by atoms with E-state index in [1.165, 1.54) is 6.42 Å². The average molecular weight is 249 g/mol. The lowest BCUT2D eigenvalue weighted by atomic mass is 9.79. The summed E-state index contributed by atoms with van der Waals surface area (Å²) in [6.45, 7) is 4.68. The molecule has 1 aliphatic rings. The number of rotatable bonds is 3. The second-order valence-electron chi connectivity index (χ2n) is 5.67. The Kier molecular flexibility index (Phi) is 3.76. The van der Waals surface area contributed by atoms with Gasteiger partial charge in [-0.25, -0.2) is 4.98 Å². The molecule has 0 amide bonds. The van der Waals surface area contributed by atoms with E-state index in [0.29, 0.717) is 24.0 Å². The first-order valence-corrected chi connectivity index (χ1v) is 6.67. The molecule has 1 aromatic rings. The molecule has 0 spiro atoms. The topological polar surface area (TPSA) is 71.2 Å². The van der Waals surface area contributed by atoms with Crippen LogP contribution in [0.3, 0.4) is 0 Å². The Morgan fingerprint density at radius 2 is 2.39 bits per heavy atom. The van der Waals surface area contributed by atoms with E-state index in [2.05, 4.69) is 17.2 Å². The summed E-state index contributed by atoms with van der Waals surface area (Å²) in [4.78, 5) is 4.23.